The summed E-state index contributed by atoms with van der Waals surface area (Å²) in [5.74, 6) is 3.01. The molecule has 0 saturated carbocycles. The first-order valence-corrected chi connectivity index (χ1v) is 7.79. The molecule has 4 rings (SSSR count). The Balaban J connectivity index is 1.59. The van der Waals surface area contributed by atoms with Crippen LogP contribution in [0.2, 0.25) is 0 Å². The van der Waals surface area contributed by atoms with Crippen LogP contribution in [0.5, 0.6) is 0 Å². The van der Waals surface area contributed by atoms with Gasteiger partial charge >= 0.3 is 0 Å². The van der Waals surface area contributed by atoms with Gasteiger partial charge in [0.2, 0.25) is 0 Å². The van der Waals surface area contributed by atoms with Crippen molar-refractivity contribution in [1.29, 1.82) is 0 Å². The Bertz CT molecular complexity index is 662. The number of hydrogen-bond donors (Lipinski definition) is 1. The lowest BCUT2D eigenvalue weighted by Crippen LogP contribution is -2.33. The summed E-state index contributed by atoms with van der Waals surface area (Å²) in [6.45, 7) is 2.85. The van der Waals surface area contributed by atoms with E-state index in [1.54, 1.807) is 6.33 Å². The van der Waals surface area contributed by atoms with Crippen molar-refractivity contribution < 1.29 is 0 Å². The predicted molar refractivity (Wildman–Crippen MR) is 79.2 cm³/mol. The molecule has 0 amide bonds. The molecule has 2 aromatic heterocycles. The number of rotatable bonds is 2. The zero-order valence-corrected chi connectivity index (χ0v) is 12.3. The van der Waals surface area contributed by atoms with E-state index in [0.717, 1.165) is 49.7 Å². The highest BCUT2D eigenvalue weighted by atomic mass is 15.3. The van der Waals surface area contributed by atoms with Crippen LogP contribution in [0.1, 0.15) is 42.2 Å². The molecule has 0 bridgehead atoms. The minimum atomic E-state index is 0.375. The van der Waals surface area contributed by atoms with E-state index in [2.05, 4.69) is 25.4 Å². The van der Waals surface area contributed by atoms with Gasteiger partial charge in [-0.15, -0.1) is 0 Å². The van der Waals surface area contributed by atoms with Crippen molar-refractivity contribution in [3.05, 3.63) is 29.2 Å². The largest absolute Gasteiger partial charge is 0.365 e. The van der Waals surface area contributed by atoms with E-state index in [0.29, 0.717) is 6.04 Å². The molecule has 21 heavy (non-hydrogen) atoms. The molecule has 2 aliphatic rings. The molecule has 0 radical (unpaired) electrons. The Kier molecular flexibility index (Phi) is 3.09. The van der Waals surface area contributed by atoms with Crippen LogP contribution in [0, 0.1) is 6.92 Å². The Morgan fingerprint density at radius 3 is 3.05 bits per heavy atom. The average Bonchev–Trinajstić information content (AvgIpc) is 2.94. The van der Waals surface area contributed by atoms with Crippen LogP contribution < -0.4 is 5.32 Å². The van der Waals surface area contributed by atoms with Crippen LogP contribution in [0.15, 0.2) is 6.33 Å². The molecular formula is C15H20N6. The topological polar surface area (TPSA) is 68.5 Å². The quantitative estimate of drug-likeness (QED) is 0.908. The molecule has 6 heteroatoms. The summed E-state index contributed by atoms with van der Waals surface area (Å²) in [6, 6.07) is 0.375. The highest BCUT2D eigenvalue weighted by Gasteiger charge is 2.23. The minimum Gasteiger partial charge on any atom is -0.365 e. The summed E-state index contributed by atoms with van der Waals surface area (Å²) < 4.78 is 2.00. The summed E-state index contributed by atoms with van der Waals surface area (Å²) in [5.41, 5.74) is 2.57. The van der Waals surface area contributed by atoms with Gasteiger partial charge in [0.15, 0.2) is 0 Å². The maximum Gasteiger partial charge on any atom is 0.138 e. The second-order valence-electron chi connectivity index (χ2n) is 5.99. The third-order valence-corrected chi connectivity index (χ3v) is 4.44. The lowest BCUT2D eigenvalue weighted by atomic mass is 9.96. The molecule has 1 aliphatic carbocycles. The maximum absolute atomic E-state index is 4.66. The van der Waals surface area contributed by atoms with Crippen LogP contribution >= 0.6 is 0 Å². The molecule has 6 nitrogen and oxygen atoms in total. The Morgan fingerprint density at radius 1 is 1.19 bits per heavy atom. The third-order valence-electron chi connectivity index (χ3n) is 4.44. The predicted octanol–water partition coefficient (Wildman–Crippen LogP) is 1.68. The van der Waals surface area contributed by atoms with Crippen LogP contribution in [0.25, 0.3) is 0 Å². The molecule has 1 unspecified atom stereocenters. The van der Waals surface area contributed by atoms with Gasteiger partial charge in [0.25, 0.3) is 0 Å². The van der Waals surface area contributed by atoms with E-state index >= 15 is 0 Å². The summed E-state index contributed by atoms with van der Waals surface area (Å²) >= 11 is 0. The van der Waals surface area contributed by atoms with Gasteiger partial charge in [0.1, 0.15) is 23.8 Å². The van der Waals surface area contributed by atoms with Gasteiger partial charge in [-0.25, -0.2) is 19.6 Å². The van der Waals surface area contributed by atoms with Gasteiger partial charge in [0, 0.05) is 23.7 Å². The lowest BCUT2D eigenvalue weighted by molar-refractivity contribution is 0.440. The smallest absolute Gasteiger partial charge is 0.138 e. The number of nitrogens with one attached hydrogen (secondary N) is 1. The molecule has 3 heterocycles. The maximum atomic E-state index is 4.66. The number of fused-ring (bicyclic) bond motifs is 2. The fraction of sp³-hybridized carbons (Fsp3) is 0.600. The highest BCUT2D eigenvalue weighted by Crippen LogP contribution is 2.27. The summed E-state index contributed by atoms with van der Waals surface area (Å²) in [5, 5.41) is 7.93. The van der Waals surface area contributed by atoms with Gasteiger partial charge in [-0.3, -0.25) is 0 Å². The SMILES string of the molecule is Cc1nc2c(c(NC3CCc4ncnn4C3)n1)CCCC2. The number of aryl methyl sites for hydroxylation is 3. The zero-order chi connectivity index (χ0) is 14.2. The van der Waals surface area contributed by atoms with E-state index < -0.39 is 0 Å². The molecule has 2 aromatic rings. The monoisotopic (exact) mass is 284 g/mol. The number of nitrogens with zero attached hydrogens (tertiary/aromatic N) is 5. The second-order valence-corrected chi connectivity index (χ2v) is 5.99. The minimum absolute atomic E-state index is 0.375. The zero-order valence-electron chi connectivity index (χ0n) is 12.3. The van der Waals surface area contributed by atoms with E-state index in [4.69, 9.17) is 0 Å². The fourth-order valence-corrected chi connectivity index (χ4v) is 3.39. The summed E-state index contributed by atoms with van der Waals surface area (Å²) in [6.07, 6.45) is 8.37. The molecule has 1 atom stereocenters. The molecule has 0 fully saturated rings. The molecular weight excluding hydrogens is 264 g/mol. The van der Waals surface area contributed by atoms with Crippen molar-refractivity contribution in [3.8, 4) is 0 Å². The van der Waals surface area contributed by atoms with Crippen LogP contribution in [0.4, 0.5) is 5.82 Å². The van der Waals surface area contributed by atoms with Crippen LogP contribution in [-0.4, -0.2) is 30.8 Å². The first-order valence-electron chi connectivity index (χ1n) is 7.79. The first kappa shape index (κ1) is 12.7. The van der Waals surface area contributed by atoms with Crippen molar-refractivity contribution in [2.45, 2.75) is 58.0 Å². The Morgan fingerprint density at radius 2 is 2.10 bits per heavy atom. The third kappa shape index (κ3) is 2.39. The van der Waals surface area contributed by atoms with Gasteiger partial charge in [-0.05, 0) is 39.0 Å². The highest BCUT2D eigenvalue weighted by molar-refractivity contribution is 5.48. The molecule has 1 N–H and O–H groups in total. The van der Waals surface area contributed by atoms with Gasteiger partial charge in [0.05, 0.1) is 6.54 Å². The van der Waals surface area contributed by atoms with Crippen molar-refractivity contribution in [3.63, 3.8) is 0 Å². The molecule has 0 spiro atoms. The summed E-state index contributed by atoms with van der Waals surface area (Å²) in [4.78, 5) is 13.6. The Labute approximate surface area is 124 Å². The molecule has 1 aliphatic heterocycles. The number of anilines is 1. The van der Waals surface area contributed by atoms with E-state index in [1.807, 2.05) is 11.6 Å². The van der Waals surface area contributed by atoms with Gasteiger partial charge < -0.3 is 5.32 Å². The van der Waals surface area contributed by atoms with Crippen molar-refractivity contribution in [1.82, 2.24) is 24.7 Å². The van der Waals surface area contributed by atoms with Gasteiger partial charge in [-0.1, -0.05) is 0 Å². The fourth-order valence-electron chi connectivity index (χ4n) is 3.39. The lowest BCUT2D eigenvalue weighted by Gasteiger charge is -2.26. The van der Waals surface area contributed by atoms with Crippen LogP contribution in [0.3, 0.4) is 0 Å². The van der Waals surface area contributed by atoms with Crippen molar-refractivity contribution in [2.75, 3.05) is 5.32 Å². The standard InChI is InChI=1S/C15H20N6/c1-10-18-13-5-3-2-4-12(13)15(19-10)20-11-6-7-14-16-9-17-21(14)8-11/h9,11H,2-8H2,1H3,(H,18,19,20). The van der Waals surface area contributed by atoms with E-state index in [9.17, 15) is 0 Å². The molecule has 0 aromatic carbocycles. The van der Waals surface area contributed by atoms with E-state index in [-0.39, 0.29) is 0 Å². The number of hydrogen-bond acceptors (Lipinski definition) is 5. The number of aromatic nitrogens is 5. The second kappa shape index (κ2) is 5.09. The summed E-state index contributed by atoms with van der Waals surface area (Å²) in [7, 11) is 0. The first-order chi connectivity index (χ1) is 10.3. The average molecular weight is 284 g/mol. The van der Waals surface area contributed by atoms with Gasteiger partial charge in [-0.2, -0.15) is 5.10 Å². The normalized spacial score (nSPS) is 20.7. The van der Waals surface area contributed by atoms with E-state index in [1.165, 1.54) is 24.1 Å². The molecule has 110 valence electrons. The van der Waals surface area contributed by atoms with Crippen LogP contribution in [-0.2, 0) is 25.8 Å². The molecule has 0 saturated heterocycles. The van der Waals surface area contributed by atoms with Crippen molar-refractivity contribution >= 4 is 5.82 Å². The van der Waals surface area contributed by atoms with Crippen molar-refractivity contribution in [2.24, 2.45) is 0 Å². The Hall–Kier alpha value is -1.98.